The van der Waals surface area contributed by atoms with Gasteiger partial charge in [0.15, 0.2) is 6.61 Å². The summed E-state index contributed by atoms with van der Waals surface area (Å²) in [4.78, 5) is 26.4. The Bertz CT molecular complexity index is 736. The highest BCUT2D eigenvalue weighted by Gasteiger charge is 2.24. The molecule has 3 rings (SSSR count). The maximum Gasteiger partial charge on any atom is 0.258 e. The number of ether oxygens (including phenoxy) is 1. The van der Waals surface area contributed by atoms with Gasteiger partial charge in [0.05, 0.1) is 0 Å². The Hall–Kier alpha value is -2.82. The second kappa shape index (κ2) is 8.52. The fourth-order valence-corrected chi connectivity index (χ4v) is 3.04. The van der Waals surface area contributed by atoms with Crippen molar-refractivity contribution in [2.24, 2.45) is 0 Å². The van der Waals surface area contributed by atoms with E-state index in [0.29, 0.717) is 24.4 Å². The predicted octanol–water partition coefficient (Wildman–Crippen LogP) is 2.79. The maximum atomic E-state index is 12.4. The van der Waals surface area contributed by atoms with Crippen LogP contribution < -0.4 is 10.1 Å². The van der Waals surface area contributed by atoms with Gasteiger partial charge in [-0.05, 0) is 44.0 Å². The third kappa shape index (κ3) is 4.85. The van der Waals surface area contributed by atoms with Crippen LogP contribution in [0, 0.1) is 6.92 Å². The first kappa shape index (κ1) is 18.0. The lowest BCUT2D eigenvalue weighted by atomic mass is 10.0. The largest absolute Gasteiger partial charge is 0.484 e. The fraction of sp³-hybridized carbons (Fsp3) is 0.333. The molecule has 0 unspecified atom stereocenters. The summed E-state index contributed by atoms with van der Waals surface area (Å²) in [6, 6.07) is 17.0. The molecule has 0 bridgehead atoms. The smallest absolute Gasteiger partial charge is 0.258 e. The third-order valence-electron chi connectivity index (χ3n) is 4.56. The highest BCUT2D eigenvalue weighted by Crippen LogP contribution is 2.14. The number of hydrogen-bond donors (Lipinski definition) is 1. The van der Waals surface area contributed by atoms with Crippen LogP contribution in [0.15, 0.2) is 54.6 Å². The lowest BCUT2D eigenvalue weighted by Gasteiger charge is -2.32. The van der Waals surface area contributed by atoms with Crippen LogP contribution in [0.25, 0.3) is 0 Å². The summed E-state index contributed by atoms with van der Waals surface area (Å²) in [5.41, 5.74) is 1.86. The van der Waals surface area contributed by atoms with Gasteiger partial charge in [-0.3, -0.25) is 9.59 Å². The summed E-state index contributed by atoms with van der Waals surface area (Å²) in [7, 11) is 0. The van der Waals surface area contributed by atoms with Crippen molar-refractivity contribution in [2.75, 3.05) is 19.7 Å². The van der Waals surface area contributed by atoms with Crippen LogP contribution in [-0.4, -0.2) is 42.5 Å². The fourth-order valence-electron chi connectivity index (χ4n) is 3.04. The van der Waals surface area contributed by atoms with E-state index in [-0.39, 0.29) is 24.5 Å². The molecule has 1 aliphatic heterocycles. The van der Waals surface area contributed by atoms with Gasteiger partial charge in [0.2, 0.25) is 0 Å². The molecule has 0 aliphatic carbocycles. The standard InChI is InChI=1S/C21H24N2O3/c1-16-7-9-19(10-8-16)26-15-20(24)22-18-11-13-23(14-12-18)21(25)17-5-3-2-4-6-17/h2-10,18H,11-15H2,1H3,(H,22,24). The molecule has 0 aromatic heterocycles. The first-order valence-corrected chi connectivity index (χ1v) is 8.95. The summed E-state index contributed by atoms with van der Waals surface area (Å²) >= 11 is 0. The van der Waals surface area contributed by atoms with E-state index in [1.807, 2.05) is 66.4 Å². The van der Waals surface area contributed by atoms with Crippen LogP contribution >= 0.6 is 0 Å². The van der Waals surface area contributed by atoms with Crippen LogP contribution in [0.3, 0.4) is 0 Å². The monoisotopic (exact) mass is 352 g/mol. The Kier molecular flexibility index (Phi) is 5.89. The zero-order valence-electron chi connectivity index (χ0n) is 15.0. The van der Waals surface area contributed by atoms with Crippen LogP contribution in [-0.2, 0) is 4.79 Å². The molecule has 2 aromatic carbocycles. The summed E-state index contributed by atoms with van der Waals surface area (Å²) in [6.45, 7) is 3.31. The van der Waals surface area contributed by atoms with Gasteiger partial charge < -0.3 is 15.0 Å². The summed E-state index contributed by atoms with van der Waals surface area (Å²) in [5.74, 6) is 0.616. The van der Waals surface area contributed by atoms with Gasteiger partial charge in [0, 0.05) is 24.7 Å². The molecule has 0 spiro atoms. The molecule has 26 heavy (non-hydrogen) atoms. The van der Waals surface area contributed by atoms with Crippen LogP contribution in [0.5, 0.6) is 5.75 Å². The molecular formula is C21H24N2O3. The molecule has 1 N–H and O–H groups in total. The van der Waals surface area contributed by atoms with Gasteiger partial charge in [-0.15, -0.1) is 0 Å². The highest BCUT2D eigenvalue weighted by molar-refractivity contribution is 5.94. The van der Waals surface area contributed by atoms with Crippen molar-refractivity contribution in [3.8, 4) is 5.75 Å². The number of aryl methyl sites for hydroxylation is 1. The Morgan fingerprint density at radius 1 is 1.04 bits per heavy atom. The summed E-state index contributed by atoms with van der Waals surface area (Å²) in [5, 5.41) is 3.00. The molecule has 0 atom stereocenters. The molecule has 1 aliphatic rings. The number of carbonyl (C=O) groups excluding carboxylic acids is 2. The first-order chi connectivity index (χ1) is 12.6. The highest BCUT2D eigenvalue weighted by atomic mass is 16.5. The van der Waals surface area contributed by atoms with E-state index in [4.69, 9.17) is 4.74 Å². The number of nitrogens with one attached hydrogen (secondary N) is 1. The summed E-state index contributed by atoms with van der Waals surface area (Å²) in [6.07, 6.45) is 1.52. The van der Waals surface area contributed by atoms with E-state index in [9.17, 15) is 9.59 Å². The number of carbonyl (C=O) groups is 2. The SMILES string of the molecule is Cc1ccc(OCC(=O)NC2CCN(C(=O)c3ccccc3)CC2)cc1. The number of hydrogen-bond acceptors (Lipinski definition) is 3. The van der Waals surface area contributed by atoms with Crippen molar-refractivity contribution >= 4 is 11.8 Å². The van der Waals surface area contributed by atoms with Crippen molar-refractivity contribution in [1.29, 1.82) is 0 Å². The van der Waals surface area contributed by atoms with E-state index in [0.717, 1.165) is 18.4 Å². The number of likely N-dealkylation sites (tertiary alicyclic amines) is 1. The zero-order chi connectivity index (χ0) is 18.4. The van der Waals surface area contributed by atoms with Crippen LogP contribution in [0.2, 0.25) is 0 Å². The van der Waals surface area contributed by atoms with Gasteiger partial charge in [-0.2, -0.15) is 0 Å². The number of benzene rings is 2. The second-order valence-corrected chi connectivity index (χ2v) is 6.60. The minimum absolute atomic E-state index is 0.00617. The number of nitrogens with zero attached hydrogens (tertiary/aromatic N) is 1. The van der Waals surface area contributed by atoms with E-state index in [1.54, 1.807) is 0 Å². The zero-order valence-corrected chi connectivity index (χ0v) is 15.0. The van der Waals surface area contributed by atoms with Crippen molar-refractivity contribution in [3.05, 3.63) is 65.7 Å². The lowest BCUT2D eigenvalue weighted by molar-refractivity contribution is -0.124. The van der Waals surface area contributed by atoms with E-state index < -0.39 is 0 Å². The minimum Gasteiger partial charge on any atom is -0.484 e. The summed E-state index contributed by atoms with van der Waals surface area (Å²) < 4.78 is 5.50. The molecule has 0 saturated carbocycles. The molecule has 1 heterocycles. The van der Waals surface area contributed by atoms with Crippen molar-refractivity contribution < 1.29 is 14.3 Å². The van der Waals surface area contributed by atoms with Crippen LogP contribution in [0.4, 0.5) is 0 Å². The minimum atomic E-state index is -0.126. The molecule has 5 nitrogen and oxygen atoms in total. The Balaban J connectivity index is 1.41. The van der Waals surface area contributed by atoms with E-state index in [1.165, 1.54) is 0 Å². The Morgan fingerprint density at radius 2 is 1.69 bits per heavy atom. The molecule has 5 heteroatoms. The van der Waals surface area contributed by atoms with E-state index >= 15 is 0 Å². The van der Waals surface area contributed by atoms with Gasteiger partial charge in [-0.1, -0.05) is 35.9 Å². The normalized spacial score (nSPS) is 14.7. The number of piperidine rings is 1. The average Bonchev–Trinajstić information content (AvgIpc) is 2.68. The van der Waals surface area contributed by atoms with Crippen molar-refractivity contribution in [1.82, 2.24) is 10.2 Å². The van der Waals surface area contributed by atoms with Crippen molar-refractivity contribution in [3.63, 3.8) is 0 Å². The molecule has 2 amide bonds. The predicted molar refractivity (Wildman–Crippen MR) is 100 cm³/mol. The Morgan fingerprint density at radius 3 is 2.35 bits per heavy atom. The molecule has 2 aromatic rings. The molecular weight excluding hydrogens is 328 g/mol. The van der Waals surface area contributed by atoms with Gasteiger partial charge in [0.25, 0.3) is 11.8 Å². The van der Waals surface area contributed by atoms with Crippen molar-refractivity contribution in [2.45, 2.75) is 25.8 Å². The molecule has 1 fully saturated rings. The van der Waals surface area contributed by atoms with Gasteiger partial charge in [-0.25, -0.2) is 0 Å². The van der Waals surface area contributed by atoms with E-state index in [2.05, 4.69) is 5.32 Å². The van der Waals surface area contributed by atoms with Crippen LogP contribution in [0.1, 0.15) is 28.8 Å². The number of rotatable bonds is 5. The topological polar surface area (TPSA) is 58.6 Å². The number of amides is 2. The lowest BCUT2D eigenvalue weighted by Crippen LogP contribution is -2.47. The van der Waals surface area contributed by atoms with Gasteiger partial charge >= 0.3 is 0 Å². The first-order valence-electron chi connectivity index (χ1n) is 8.95. The molecule has 1 saturated heterocycles. The third-order valence-corrected chi connectivity index (χ3v) is 4.56. The maximum absolute atomic E-state index is 12.4. The molecule has 0 radical (unpaired) electrons. The quantitative estimate of drug-likeness (QED) is 0.900. The average molecular weight is 352 g/mol. The molecule has 136 valence electrons. The van der Waals surface area contributed by atoms with Gasteiger partial charge in [0.1, 0.15) is 5.75 Å². The Labute approximate surface area is 154 Å². The second-order valence-electron chi connectivity index (χ2n) is 6.60.